The summed E-state index contributed by atoms with van der Waals surface area (Å²) in [6, 6.07) is 5.72. The molecule has 1 amide bonds. The van der Waals surface area contributed by atoms with Gasteiger partial charge in [-0.05, 0) is 36.6 Å². The fourth-order valence-electron chi connectivity index (χ4n) is 2.17. The molecule has 2 rings (SSSR count). The zero-order chi connectivity index (χ0) is 13.8. The predicted molar refractivity (Wildman–Crippen MR) is 77.0 cm³/mol. The molecule has 19 heavy (non-hydrogen) atoms. The van der Waals surface area contributed by atoms with Crippen LogP contribution in [0, 0.1) is 12.8 Å². The van der Waals surface area contributed by atoms with E-state index in [1.807, 2.05) is 25.1 Å². The number of aliphatic hydroxyl groups excluding tert-OH is 1. The Morgan fingerprint density at radius 3 is 3.00 bits per heavy atom. The first kappa shape index (κ1) is 14.1. The smallest absolute Gasteiger partial charge is 0.246 e. The molecule has 1 heterocycles. The second kappa shape index (κ2) is 6.22. The van der Waals surface area contributed by atoms with Crippen molar-refractivity contribution >= 4 is 23.6 Å². The summed E-state index contributed by atoms with van der Waals surface area (Å²) in [5, 5.41) is 9.76. The van der Waals surface area contributed by atoms with Crippen LogP contribution in [0.1, 0.15) is 17.5 Å². The van der Waals surface area contributed by atoms with Gasteiger partial charge in [-0.3, -0.25) is 4.79 Å². The van der Waals surface area contributed by atoms with Crippen LogP contribution in [-0.4, -0.2) is 35.6 Å². The number of nitrogens with zero attached hydrogens (tertiary/aromatic N) is 1. The number of likely N-dealkylation sites (tertiary alicyclic amines) is 1. The molecule has 1 fully saturated rings. The summed E-state index contributed by atoms with van der Waals surface area (Å²) in [6.45, 7) is 3.47. The van der Waals surface area contributed by atoms with E-state index >= 15 is 0 Å². The van der Waals surface area contributed by atoms with Crippen molar-refractivity contribution in [1.82, 2.24) is 4.90 Å². The molecule has 1 aliphatic heterocycles. The van der Waals surface area contributed by atoms with Crippen molar-refractivity contribution in [2.75, 3.05) is 19.7 Å². The van der Waals surface area contributed by atoms with E-state index in [1.54, 1.807) is 17.1 Å². The van der Waals surface area contributed by atoms with Crippen molar-refractivity contribution in [3.8, 4) is 0 Å². The minimum absolute atomic E-state index is 0.00681. The number of aliphatic hydroxyl groups is 1. The Hall–Kier alpha value is -1.32. The molecule has 1 unspecified atom stereocenters. The van der Waals surface area contributed by atoms with Gasteiger partial charge in [0.2, 0.25) is 5.91 Å². The summed E-state index contributed by atoms with van der Waals surface area (Å²) in [4.78, 5) is 13.7. The summed E-state index contributed by atoms with van der Waals surface area (Å²) < 4.78 is 0. The van der Waals surface area contributed by atoms with E-state index < -0.39 is 0 Å². The van der Waals surface area contributed by atoms with Crippen molar-refractivity contribution < 1.29 is 9.90 Å². The van der Waals surface area contributed by atoms with Crippen LogP contribution in [0.4, 0.5) is 0 Å². The first-order valence-corrected chi connectivity index (χ1v) is 6.82. The lowest BCUT2D eigenvalue weighted by molar-refractivity contribution is -0.125. The molecule has 102 valence electrons. The van der Waals surface area contributed by atoms with Crippen LogP contribution in [0.5, 0.6) is 0 Å². The van der Waals surface area contributed by atoms with Crippen molar-refractivity contribution in [2.24, 2.45) is 5.92 Å². The Kier molecular flexibility index (Phi) is 4.61. The fraction of sp³-hybridized carbons (Fsp3) is 0.400. The van der Waals surface area contributed by atoms with Gasteiger partial charge in [0.05, 0.1) is 0 Å². The molecule has 0 radical (unpaired) electrons. The van der Waals surface area contributed by atoms with E-state index in [9.17, 15) is 4.79 Å². The zero-order valence-electron chi connectivity index (χ0n) is 11.0. The maximum Gasteiger partial charge on any atom is 0.246 e. The third-order valence-electron chi connectivity index (χ3n) is 3.47. The van der Waals surface area contributed by atoms with Gasteiger partial charge in [0.1, 0.15) is 0 Å². The lowest BCUT2D eigenvalue weighted by atomic mass is 10.1. The van der Waals surface area contributed by atoms with Crippen LogP contribution < -0.4 is 0 Å². The van der Waals surface area contributed by atoms with Crippen molar-refractivity contribution in [3.63, 3.8) is 0 Å². The molecule has 0 bridgehead atoms. The summed E-state index contributed by atoms with van der Waals surface area (Å²) in [6.07, 6.45) is 4.23. The molecule has 1 atom stereocenters. The van der Waals surface area contributed by atoms with Crippen LogP contribution in [-0.2, 0) is 4.79 Å². The number of halogens is 1. The highest BCUT2D eigenvalue weighted by molar-refractivity contribution is 6.31. The predicted octanol–water partition coefficient (Wildman–Crippen LogP) is 2.50. The lowest BCUT2D eigenvalue weighted by Gasteiger charge is -2.13. The number of carbonyl (C=O) groups is 1. The molecule has 1 N–H and O–H groups in total. The zero-order valence-corrected chi connectivity index (χ0v) is 11.7. The van der Waals surface area contributed by atoms with Gasteiger partial charge in [-0.2, -0.15) is 0 Å². The van der Waals surface area contributed by atoms with Crippen LogP contribution in [0.2, 0.25) is 5.02 Å². The molecular formula is C15H18ClNO2. The molecular weight excluding hydrogens is 262 g/mol. The van der Waals surface area contributed by atoms with Gasteiger partial charge in [-0.25, -0.2) is 0 Å². The quantitative estimate of drug-likeness (QED) is 0.864. The molecule has 0 spiro atoms. The van der Waals surface area contributed by atoms with Gasteiger partial charge in [0.25, 0.3) is 0 Å². The number of hydrogen-bond donors (Lipinski definition) is 1. The monoisotopic (exact) mass is 279 g/mol. The Labute approximate surface area is 118 Å². The number of hydrogen-bond acceptors (Lipinski definition) is 2. The van der Waals surface area contributed by atoms with Gasteiger partial charge in [-0.15, -0.1) is 0 Å². The molecule has 0 aromatic heterocycles. The average molecular weight is 280 g/mol. The summed E-state index contributed by atoms with van der Waals surface area (Å²) in [5.74, 6) is 0.221. The third kappa shape index (κ3) is 3.58. The molecule has 1 aromatic rings. The van der Waals surface area contributed by atoms with Crippen LogP contribution in [0.25, 0.3) is 6.08 Å². The van der Waals surface area contributed by atoms with Crippen molar-refractivity contribution in [3.05, 3.63) is 40.4 Å². The van der Waals surface area contributed by atoms with E-state index in [2.05, 4.69) is 0 Å². The number of rotatable bonds is 3. The van der Waals surface area contributed by atoms with Gasteiger partial charge < -0.3 is 10.0 Å². The second-order valence-electron chi connectivity index (χ2n) is 4.96. The molecule has 0 aliphatic carbocycles. The van der Waals surface area contributed by atoms with Crippen LogP contribution >= 0.6 is 11.6 Å². The topological polar surface area (TPSA) is 40.5 Å². The minimum atomic E-state index is -0.00681. The van der Waals surface area contributed by atoms with Crippen LogP contribution in [0.3, 0.4) is 0 Å². The highest BCUT2D eigenvalue weighted by Gasteiger charge is 2.23. The SMILES string of the molecule is Cc1ccc(/C=C/C(=O)N2CCC(CO)C2)cc1Cl. The standard InChI is InChI=1S/C15H18ClNO2/c1-11-2-3-12(8-14(11)16)4-5-15(19)17-7-6-13(9-17)10-18/h2-5,8,13,18H,6-7,9-10H2,1H3/b5-4+. The average Bonchev–Trinajstić information content (AvgIpc) is 2.88. The maximum absolute atomic E-state index is 12.0. The number of aryl methyl sites for hydroxylation is 1. The molecule has 1 aliphatic rings. The van der Waals surface area contributed by atoms with Gasteiger partial charge in [-0.1, -0.05) is 23.7 Å². The highest BCUT2D eigenvalue weighted by atomic mass is 35.5. The Morgan fingerprint density at radius 2 is 2.37 bits per heavy atom. The molecule has 0 saturated carbocycles. The summed E-state index contributed by atoms with van der Waals surface area (Å²) in [5.41, 5.74) is 1.94. The lowest BCUT2D eigenvalue weighted by Crippen LogP contribution is -2.27. The first-order valence-electron chi connectivity index (χ1n) is 6.44. The van der Waals surface area contributed by atoms with Gasteiger partial charge in [0.15, 0.2) is 0 Å². The third-order valence-corrected chi connectivity index (χ3v) is 3.88. The van der Waals surface area contributed by atoms with Gasteiger partial charge in [0, 0.05) is 36.7 Å². The van der Waals surface area contributed by atoms with E-state index in [0.717, 1.165) is 24.1 Å². The fourth-order valence-corrected chi connectivity index (χ4v) is 2.36. The Morgan fingerprint density at radius 1 is 1.58 bits per heavy atom. The van der Waals surface area contributed by atoms with Gasteiger partial charge >= 0.3 is 0 Å². The van der Waals surface area contributed by atoms with E-state index in [4.69, 9.17) is 16.7 Å². The highest BCUT2D eigenvalue weighted by Crippen LogP contribution is 2.18. The number of carbonyl (C=O) groups excluding carboxylic acids is 1. The van der Waals surface area contributed by atoms with E-state index in [-0.39, 0.29) is 18.4 Å². The minimum Gasteiger partial charge on any atom is -0.396 e. The maximum atomic E-state index is 12.0. The first-order chi connectivity index (χ1) is 9.10. The molecule has 1 saturated heterocycles. The van der Waals surface area contributed by atoms with Crippen LogP contribution in [0.15, 0.2) is 24.3 Å². The molecule has 3 nitrogen and oxygen atoms in total. The van der Waals surface area contributed by atoms with Crippen molar-refractivity contribution in [2.45, 2.75) is 13.3 Å². The Balaban J connectivity index is 1.98. The summed E-state index contributed by atoms with van der Waals surface area (Å²) >= 11 is 6.04. The summed E-state index contributed by atoms with van der Waals surface area (Å²) in [7, 11) is 0. The number of benzene rings is 1. The largest absolute Gasteiger partial charge is 0.396 e. The van der Waals surface area contributed by atoms with Crippen molar-refractivity contribution in [1.29, 1.82) is 0 Å². The number of amides is 1. The molecule has 4 heteroatoms. The normalized spacial score (nSPS) is 19.3. The molecule has 1 aromatic carbocycles. The second-order valence-corrected chi connectivity index (χ2v) is 5.37. The van der Waals surface area contributed by atoms with E-state index in [1.165, 1.54) is 0 Å². The van der Waals surface area contributed by atoms with E-state index in [0.29, 0.717) is 11.6 Å². The Bertz CT molecular complexity index is 499.